The molecule has 26 heavy (non-hydrogen) atoms. The van der Waals surface area contributed by atoms with E-state index in [0.29, 0.717) is 30.2 Å². The third-order valence-corrected chi connectivity index (χ3v) is 3.99. The average molecular weight is 356 g/mol. The molecule has 0 saturated heterocycles. The van der Waals surface area contributed by atoms with Crippen molar-refractivity contribution in [1.29, 1.82) is 0 Å². The number of para-hydroxylation sites is 1. The summed E-state index contributed by atoms with van der Waals surface area (Å²) in [5, 5.41) is 12.0. The lowest BCUT2D eigenvalue weighted by Gasteiger charge is -2.30. The van der Waals surface area contributed by atoms with Gasteiger partial charge in [-0.15, -0.1) is 0 Å². The van der Waals surface area contributed by atoms with E-state index in [9.17, 15) is 14.7 Å². The van der Waals surface area contributed by atoms with Crippen LogP contribution >= 0.6 is 0 Å². The van der Waals surface area contributed by atoms with E-state index < -0.39 is 5.91 Å². The largest absolute Gasteiger partial charge is 0.490 e. The summed E-state index contributed by atoms with van der Waals surface area (Å²) in [5.41, 5.74) is 0.907. The first-order valence-electron chi connectivity index (χ1n) is 8.33. The van der Waals surface area contributed by atoms with E-state index in [2.05, 4.69) is 15.3 Å². The van der Waals surface area contributed by atoms with E-state index in [0.717, 1.165) is 0 Å². The number of aliphatic hydroxyl groups is 1. The molecule has 0 saturated carbocycles. The first kappa shape index (κ1) is 17.8. The summed E-state index contributed by atoms with van der Waals surface area (Å²) in [6.07, 6.45) is 4.27. The van der Waals surface area contributed by atoms with Gasteiger partial charge in [0.25, 0.3) is 11.8 Å². The number of carbonyl (C=O) groups is 2. The monoisotopic (exact) mass is 356 g/mol. The van der Waals surface area contributed by atoms with Crippen LogP contribution in [0.2, 0.25) is 0 Å². The first-order chi connectivity index (χ1) is 12.6. The maximum Gasteiger partial charge on any atom is 0.275 e. The zero-order valence-electron chi connectivity index (χ0n) is 14.4. The van der Waals surface area contributed by atoms with Gasteiger partial charge < -0.3 is 20.1 Å². The van der Waals surface area contributed by atoms with Crippen LogP contribution in [0.4, 0.5) is 5.69 Å². The molecule has 1 aliphatic rings. The summed E-state index contributed by atoms with van der Waals surface area (Å²) in [4.78, 5) is 34.6. The number of fused-ring (bicyclic) bond motifs is 1. The lowest BCUT2D eigenvalue weighted by molar-refractivity contribution is 0.0645. The summed E-state index contributed by atoms with van der Waals surface area (Å²) < 4.78 is 5.84. The molecule has 3 rings (SSSR count). The number of ether oxygens (including phenoxy) is 1. The Labute approximate surface area is 150 Å². The number of amides is 2. The zero-order valence-corrected chi connectivity index (χ0v) is 14.4. The molecule has 2 amide bonds. The first-order valence-corrected chi connectivity index (χ1v) is 8.33. The number of rotatable bonds is 4. The van der Waals surface area contributed by atoms with Crippen molar-refractivity contribution in [3.63, 3.8) is 0 Å². The van der Waals surface area contributed by atoms with Crippen LogP contribution in [0.5, 0.6) is 5.75 Å². The summed E-state index contributed by atoms with van der Waals surface area (Å²) in [6, 6.07) is 4.99. The van der Waals surface area contributed by atoms with Crippen molar-refractivity contribution >= 4 is 17.5 Å². The Morgan fingerprint density at radius 3 is 3.00 bits per heavy atom. The van der Waals surface area contributed by atoms with Crippen LogP contribution in [-0.2, 0) is 0 Å². The highest BCUT2D eigenvalue weighted by Crippen LogP contribution is 2.32. The Morgan fingerprint density at radius 2 is 2.27 bits per heavy atom. The van der Waals surface area contributed by atoms with Crippen molar-refractivity contribution in [2.24, 2.45) is 5.92 Å². The number of β-amino-alcohol motifs (C(OH)–C–C–N with tert-alkyl or cyclic N) is 1. The second kappa shape index (κ2) is 7.92. The number of aromatic nitrogens is 2. The van der Waals surface area contributed by atoms with Crippen molar-refractivity contribution in [3.8, 4) is 5.75 Å². The molecule has 1 aromatic carbocycles. The molecular formula is C18H20N4O4. The molecule has 0 bridgehead atoms. The highest BCUT2D eigenvalue weighted by molar-refractivity contribution is 6.06. The predicted molar refractivity (Wildman–Crippen MR) is 94.1 cm³/mol. The molecule has 0 fully saturated rings. The number of hydrogen-bond donors (Lipinski definition) is 2. The van der Waals surface area contributed by atoms with Crippen LogP contribution in [0.1, 0.15) is 27.8 Å². The van der Waals surface area contributed by atoms with Crippen molar-refractivity contribution in [2.45, 2.75) is 6.92 Å². The molecule has 1 aliphatic heterocycles. The molecule has 1 aromatic heterocycles. The van der Waals surface area contributed by atoms with Gasteiger partial charge in [-0.1, -0.05) is 13.0 Å². The fourth-order valence-electron chi connectivity index (χ4n) is 2.78. The standard InChI is InChI=1S/C18H20N4O4/c1-12-10-22(7-8-23)18(25)13-3-2-4-14(16(13)26-11-12)21-17(24)15-9-19-5-6-20-15/h2-6,9,12,23H,7-8,10-11H2,1H3,(H,21,24). The van der Waals surface area contributed by atoms with Gasteiger partial charge in [-0.25, -0.2) is 4.98 Å². The molecule has 2 N–H and O–H groups in total. The molecule has 0 spiro atoms. The third-order valence-electron chi connectivity index (χ3n) is 3.99. The number of benzene rings is 1. The van der Waals surface area contributed by atoms with Gasteiger partial charge in [-0.05, 0) is 12.1 Å². The number of aliphatic hydroxyl groups excluding tert-OH is 1. The third kappa shape index (κ3) is 3.80. The molecule has 1 unspecified atom stereocenters. The normalized spacial score (nSPS) is 16.9. The van der Waals surface area contributed by atoms with Gasteiger partial charge in [0.2, 0.25) is 0 Å². The molecule has 8 heteroatoms. The van der Waals surface area contributed by atoms with Crippen molar-refractivity contribution in [3.05, 3.63) is 48.0 Å². The summed E-state index contributed by atoms with van der Waals surface area (Å²) in [7, 11) is 0. The van der Waals surface area contributed by atoms with E-state index in [4.69, 9.17) is 4.74 Å². The molecule has 0 radical (unpaired) electrons. The smallest absolute Gasteiger partial charge is 0.275 e. The number of hydrogen-bond acceptors (Lipinski definition) is 6. The molecule has 8 nitrogen and oxygen atoms in total. The molecule has 2 aromatic rings. The Kier molecular flexibility index (Phi) is 5.43. The van der Waals surface area contributed by atoms with Crippen LogP contribution in [0.3, 0.4) is 0 Å². The van der Waals surface area contributed by atoms with Crippen LogP contribution in [0.25, 0.3) is 0 Å². The minimum atomic E-state index is -0.440. The second-order valence-corrected chi connectivity index (χ2v) is 6.12. The lowest BCUT2D eigenvalue weighted by Crippen LogP contribution is -2.40. The van der Waals surface area contributed by atoms with Gasteiger partial charge in [-0.2, -0.15) is 0 Å². The van der Waals surface area contributed by atoms with Gasteiger partial charge in [0.05, 0.1) is 30.7 Å². The molecule has 0 aliphatic carbocycles. The summed E-state index contributed by atoms with van der Waals surface area (Å²) >= 11 is 0. The van der Waals surface area contributed by atoms with Crippen LogP contribution in [0.15, 0.2) is 36.8 Å². The minimum absolute atomic E-state index is 0.0856. The van der Waals surface area contributed by atoms with Gasteiger partial charge in [0.1, 0.15) is 5.69 Å². The number of anilines is 1. The molecule has 1 atom stereocenters. The fraction of sp³-hybridized carbons (Fsp3) is 0.333. The maximum atomic E-state index is 12.8. The van der Waals surface area contributed by atoms with Crippen molar-refractivity contribution in [2.75, 3.05) is 31.6 Å². The Balaban J connectivity index is 1.93. The summed E-state index contributed by atoms with van der Waals surface area (Å²) in [5.74, 6) is -0.271. The van der Waals surface area contributed by atoms with Gasteiger partial charge in [0, 0.05) is 31.4 Å². The number of nitrogens with one attached hydrogen (secondary N) is 1. The predicted octanol–water partition coefficient (Wildman–Crippen LogP) is 1.19. The molecule has 2 heterocycles. The minimum Gasteiger partial charge on any atom is -0.490 e. The maximum absolute atomic E-state index is 12.8. The average Bonchev–Trinajstić information content (AvgIpc) is 2.65. The van der Waals surface area contributed by atoms with Gasteiger partial charge in [0.15, 0.2) is 5.75 Å². The highest BCUT2D eigenvalue weighted by Gasteiger charge is 2.27. The zero-order chi connectivity index (χ0) is 18.5. The van der Waals surface area contributed by atoms with E-state index in [-0.39, 0.29) is 30.7 Å². The van der Waals surface area contributed by atoms with Gasteiger partial charge >= 0.3 is 0 Å². The number of carbonyl (C=O) groups excluding carboxylic acids is 2. The van der Waals surface area contributed by atoms with Crippen LogP contribution in [0, 0.1) is 5.92 Å². The highest BCUT2D eigenvalue weighted by atomic mass is 16.5. The van der Waals surface area contributed by atoms with Crippen molar-refractivity contribution in [1.82, 2.24) is 14.9 Å². The fourth-order valence-corrected chi connectivity index (χ4v) is 2.78. The Morgan fingerprint density at radius 1 is 1.42 bits per heavy atom. The van der Waals surface area contributed by atoms with Crippen LogP contribution in [-0.4, -0.2) is 58.1 Å². The second-order valence-electron chi connectivity index (χ2n) is 6.12. The van der Waals surface area contributed by atoms with Gasteiger partial charge in [-0.3, -0.25) is 14.6 Å². The topological polar surface area (TPSA) is 105 Å². The lowest BCUT2D eigenvalue weighted by atomic mass is 10.1. The molecular weight excluding hydrogens is 336 g/mol. The van der Waals surface area contributed by atoms with Crippen LogP contribution < -0.4 is 10.1 Å². The molecule has 136 valence electrons. The summed E-state index contributed by atoms with van der Waals surface area (Å²) in [6.45, 7) is 2.98. The Bertz CT molecular complexity index is 797. The quantitative estimate of drug-likeness (QED) is 0.853. The van der Waals surface area contributed by atoms with E-state index >= 15 is 0 Å². The van der Waals surface area contributed by atoms with E-state index in [1.807, 2.05) is 6.92 Å². The number of nitrogens with zero attached hydrogens (tertiary/aromatic N) is 3. The van der Waals surface area contributed by atoms with E-state index in [1.165, 1.54) is 18.6 Å². The van der Waals surface area contributed by atoms with E-state index in [1.54, 1.807) is 23.1 Å². The Hall–Kier alpha value is -3.00. The van der Waals surface area contributed by atoms with Crippen molar-refractivity contribution < 1.29 is 19.4 Å². The SMILES string of the molecule is CC1COc2c(NC(=O)c3cnccn3)cccc2C(=O)N(CCO)C1.